The van der Waals surface area contributed by atoms with E-state index in [0.717, 1.165) is 17.7 Å². The number of carbonyl (C=O) groups is 1. The lowest BCUT2D eigenvalue weighted by atomic mass is 10.1. The number of aryl methyl sites for hydroxylation is 1. The lowest BCUT2D eigenvalue weighted by molar-refractivity contribution is 0.0946. The summed E-state index contributed by atoms with van der Waals surface area (Å²) in [5.41, 5.74) is 0.690. The number of halogens is 2. The molecule has 3 aromatic rings. The van der Waals surface area contributed by atoms with Crippen molar-refractivity contribution in [1.82, 2.24) is 10.3 Å². The monoisotopic (exact) mass is 360 g/mol. The Kier molecular flexibility index (Phi) is 4.72. The SMILES string of the molecule is Cc1ncc(-c2cc(F)c(C(=O)NCc3ccc(Cl)cc3)cc2O)o1. The average Bonchev–Trinajstić information content (AvgIpc) is 3.02. The molecule has 0 unspecified atom stereocenters. The lowest BCUT2D eigenvalue weighted by Crippen LogP contribution is -2.23. The van der Waals surface area contributed by atoms with Crippen LogP contribution >= 0.6 is 11.6 Å². The van der Waals surface area contributed by atoms with Gasteiger partial charge in [-0.05, 0) is 29.8 Å². The van der Waals surface area contributed by atoms with Gasteiger partial charge in [0.15, 0.2) is 11.7 Å². The lowest BCUT2D eigenvalue weighted by Gasteiger charge is -2.09. The zero-order valence-electron chi connectivity index (χ0n) is 13.2. The first-order valence-electron chi connectivity index (χ1n) is 7.42. The maximum absolute atomic E-state index is 14.3. The Hall–Kier alpha value is -2.86. The molecule has 0 fully saturated rings. The molecule has 0 bridgehead atoms. The van der Waals surface area contributed by atoms with Crippen LogP contribution in [0.4, 0.5) is 4.39 Å². The van der Waals surface area contributed by atoms with Crippen LogP contribution in [0.5, 0.6) is 5.75 Å². The summed E-state index contributed by atoms with van der Waals surface area (Å²) in [5.74, 6) is -1.06. The molecule has 3 rings (SSSR count). The quantitative estimate of drug-likeness (QED) is 0.735. The van der Waals surface area contributed by atoms with E-state index in [2.05, 4.69) is 10.3 Å². The normalized spacial score (nSPS) is 10.7. The predicted octanol–water partition coefficient (Wildman–Crippen LogP) is 4.08. The molecule has 2 N–H and O–H groups in total. The van der Waals surface area contributed by atoms with Gasteiger partial charge in [-0.3, -0.25) is 4.79 Å². The number of nitrogens with one attached hydrogen (secondary N) is 1. The minimum Gasteiger partial charge on any atom is -0.507 e. The van der Waals surface area contributed by atoms with E-state index in [1.165, 1.54) is 6.20 Å². The van der Waals surface area contributed by atoms with Crippen molar-refractivity contribution in [3.63, 3.8) is 0 Å². The van der Waals surface area contributed by atoms with E-state index in [4.69, 9.17) is 16.0 Å². The van der Waals surface area contributed by atoms with Gasteiger partial charge in [-0.15, -0.1) is 0 Å². The van der Waals surface area contributed by atoms with E-state index in [9.17, 15) is 14.3 Å². The molecule has 1 amide bonds. The Morgan fingerprint density at radius 2 is 2.04 bits per heavy atom. The number of carbonyl (C=O) groups excluding carboxylic acids is 1. The van der Waals surface area contributed by atoms with Crippen molar-refractivity contribution < 1.29 is 18.7 Å². The third-order valence-electron chi connectivity index (χ3n) is 3.58. The highest BCUT2D eigenvalue weighted by molar-refractivity contribution is 6.30. The Morgan fingerprint density at radius 1 is 1.32 bits per heavy atom. The predicted molar refractivity (Wildman–Crippen MR) is 90.9 cm³/mol. The molecule has 0 saturated heterocycles. The maximum atomic E-state index is 14.3. The van der Waals surface area contributed by atoms with Crippen LogP contribution in [0.2, 0.25) is 5.02 Å². The van der Waals surface area contributed by atoms with E-state index in [1.807, 2.05) is 0 Å². The highest BCUT2D eigenvalue weighted by Crippen LogP contribution is 2.32. The van der Waals surface area contributed by atoms with Crippen molar-refractivity contribution in [2.75, 3.05) is 0 Å². The van der Waals surface area contributed by atoms with E-state index in [-0.39, 0.29) is 29.2 Å². The number of oxazole rings is 1. The van der Waals surface area contributed by atoms with Gasteiger partial charge in [0.25, 0.3) is 5.91 Å². The molecular weight excluding hydrogens is 347 g/mol. The molecular formula is C18H14ClFN2O3. The standard InChI is InChI=1S/C18H14ClFN2O3/c1-10-21-9-17(25-10)14-6-15(20)13(7-16(14)23)18(24)22-8-11-2-4-12(19)5-3-11/h2-7,9,23H,8H2,1H3,(H,22,24). The number of hydrogen-bond acceptors (Lipinski definition) is 4. The zero-order chi connectivity index (χ0) is 18.0. The second-order valence-electron chi connectivity index (χ2n) is 5.40. The van der Waals surface area contributed by atoms with E-state index < -0.39 is 11.7 Å². The van der Waals surface area contributed by atoms with Crippen LogP contribution in [0.25, 0.3) is 11.3 Å². The summed E-state index contributed by atoms with van der Waals surface area (Å²) in [6.07, 6.45) is 1.38. The van der Waals surface area contributed by atoms with Gasteiger partial charge in [-0.25, -0.2) is 9.37 Å². The summed E-state index contributed by atoms with van der Waals surface area (Å²) >= 11 is 5.80. The van der Waals surface area contributed by atoms with Crippen LogP contribution in [0.1, 0.15) is 21.8 Å². The molecule has 0 aliphatic heterocycles. The van der Waals surface area contributed by atoms with Crippen molar-refractivity contribution in [3.8, 4) is 17.1 Å². The first-order valence-corrected chi connectivity index (χ1v) is 7.80. The van der Waals surface area contributed by atoms with Gasteiger partial charge in [-0.2, -0.15) is 0 Å². The topological polar surface area (TPSA) is 75.4 Å². The minimum absolute atomic E-state index is 0.132. The molecule has 0 atom stereocenters. The van der Waals surface area contributed by atoms with Crippen LogP contribution in [0.3, 0.4) is 0 Å². The molecule has 0 aliphatic carbocycles. The summed E-state index contributed by atoms with van der Waals surface area (Å²) in [7, 11) is 0. The highest BCUT2D eigenvalue weighted by Gasteiger charge is 2.18. The van der Waals surface area contributed by atoms with E-state index in [0.29, 0.717) is 10.9 Å². The molecule has 0 saturated carbocycles. The number of phenolic OH excluding ortho intramolecular Hbond substituents is 1. The third kappa shape index (κ3) is 3.80. The van der Waals surface area contributed by atoms with Crippen molar-refractivity contribution in [2.24, 2.45) is 0 Å². The van der Waals surface area contributed by atoms with Crippen molar-refractivity contribution in [3.05, 3.63) is 70.5 Å². The molecule has 1 heterocycles. The molecule has 7 heteroatoms. The second kappa shape index (κ2) is 6.94. The van der Waals surface area contributed by atoms with Crippen LogP contribution < -0.4 is 5.32 Å². The number of amides is 1. The Labute approximate surface area is 148 Å². The summed E-state index contributed by atoms with van der Waals surface area (Å²) in [6.45, 7) is 1.84. The second-order valence-corrected chi connectivity index (χ2v) is 5.84. The smallest absolute Gasteiger partial charge is 0.254 e. The number of hydrogen-bond donors (Lipinski definition) is 2. The van der Waals surface area contributed by atoms with Gasteiger partial charge in [0.05, 0.1) is 17.3 Å². The number of aromatic nitrogens is 1. The highest BCUT2D eigenvalue weighted by atomic mass is 35.5. The van der Waals surface area contributed by atoms with Crippen LogP contribution in [0.15, 0.2) is 47.0 Å². The van der Waals surface area contributed by atoms with Crippen LogP contribution in [-0.4, -0.2) is 16.0 Å². The largest absolute Gasteiger partial charge is 0.507 e. The molecule has 0 spiro atoms. The summed E-state index contributed by atoms with van der Waals surface area (Å²) in [4.78, 5) is 16.1. The van der Waals surface area contributed by atoms with Gasteiger partial charge in [-0.1, -0.05) is 23.7 Å². The number of benzene rings is 2. The summed E-state index contributed by atoms with van der Waals surface area (Å²) in [6, 6.07) is 9.02. The van der Waals surface area contributed by atoms with Gasteiger partial charge < -0.3 is 14.8 Å². The Morgan fingerprint density at radius 3 is 2.68 bits per heavy atom. The molecule has 5 nitrogen and oxygen atoms in total. The van der Waals surface area contributed by atoms with Gasteiger partial charge >= 0.3 is 0 Å². The zero-order valence-corrected chi connectivity index (χ0v) is 14.0. The van der Waals surface area contributed by atoms with Crippen LogP contribution in [0, 0.1) is 12.7 Å². The fourth-order valence-electron chi connectivity index (χ4n) is 2.30. The molecule has 0 aliphatic rings. The van der Waals surface area contributed by atoms with Crippen molar-refractivity contribution in [1.29, 1.82) is 0 Å². The van der Waals surface area contributed by atoms with Crippen LogP contribution in [-0.2, 0) is 6.54 Å². The first-order chi connectivity index (χ1) is 11.9. The number of aromatic hydroxyl groups is 1. The minimum atomic E-state index is -0.768. The van der Waals surface area contributed by atoms with E-state index in [1.54, 1.807) is 31.2 Å². The van der Waals surface area contributed by atoms with Crippen molar-refractivity contribution >= 4 is 17.5 Å². The summed E-state index contributed by atoms with van der Waals surface area (Å²) < 4.78 is 19.6. The van der Waals surface area contributed by atoms with Gasteiger partial charge in [0.2, 0.25) is 0 Å². The summed E-state index contributed by atoms with van der Waals surface area (Å²) in [5, 5.41) is 13.3. The van der Waals surface area contributed by atoms with Gasteiger partial charge in [0, 0.05) is 18.5 Å². The molecule has 0 radical (unpaired) electrons. The fourth-order valence-corrected chi connectivity index (χ4v) is 2.42. The van der Waals surface area contributed by atoms with Gasteiger partial charge in [0.1, 0.15) is 11.6 Å². The molecule has 128 valence electrons. The molecule has 2 aromatic carbocycles. The molecule has 1 aromatic heterocycles. The maximum Gasteiger partial charge on any atom is 0.254 e. The third-order valence-corrected chi connectivity index (χ3v) is 3.84. The fraction of sp³-hybridized carbons (Fsp3) is 0.111. The Balaban J connectivity index is 1.78. The number of rotatable bonds is 4. The number of nitrogens with zero attached hydrogens (tertiary/aromatic N) is 1. The molecule has 25 heavy (non-hydrogen) atoms. The average molecular weight is 361 g/mol. The van der Waals surface area contributed by atoms with Crippen molar-refractivity contribution in [2.45, 2.75) is 13.5 Å². The van der Waals surface area contributed by atoms with E-state index >= 15 is 0 Å². The Bertz CT molecular complexity index is 923. The number of phenols is 1. The first kappa shape index (κ1) is 17.0.